The number of morpholine rings is 1. The molecule has 0 aliphatic carbocycles. The number of rotatable bonds is 6. The first-order valence-electron chi connectivity index (χ1n) is 12.4. The molecule has 0 aromatic heterocycles. The Labute approximate surface area is 222 Å². The van der Waals surface area contributed by atoms with Gasteiger partial charge in [0.25, 0.3) is 0 Å². The molecule has 8 heteroatoms. The van der Waals surface area contributed by atoms with Crippen molar-refractivity contribution in [3.63, 3.8) is 0 Å². The third-order valence-electron chi connectivity index (χ3n) is 6.76. The lowest BCUT2D eigenvalue weighted by Gasteiger charge is -2.26. The zero-order valence-electron chi connectivity index (χ0n) is 20.8. The molecule has 5 rings (SSSR count). The number of carbonyl (C=O) groups is 1. The number of hydrogen-bond donors (Lipinski definition) is 1. The minimum atomic E-state index is -0.836. The van der Waals surface area contributed by atoms with Gasteiger partial charge >= 0.3 is 0 Å². The van der Waals surface area contributed by atoms with Crippen LogP contribution >= 0.6 is 11.6 Å². The third kappa shape index (κ3) is 5.59. The lowest BCUT2D eigenvalue weighted by atomic mass is 10.1. The summed E-state index contributed by atoms with van der Waals surface area (Å²) in [6.45, 7) is 4.83. The fraction of sp³-hybridized carbons (Fsp3) is 0.276. The molecule has 0 spiro atoms. The van der Waals surface area contributed by atoms with Crippen LogP contribution in [-0.4, -0.2) is 56.2 Å². The lowest BCUT2D eigenvalue weighted by molar-refractivity contribution is -0.118. The highest BCUT2D eigenvalue weighted by Crippen LogP contribution is 2.40. The Bertz CT molecular complexity index is 1290. The van der Waals surface area contributed by atoms with Crippen LogP contribution in [-0.2, 0) is 22.6 Å². The normalized spacial score (nSPS) is 18.8. The van der Waals surface area contributed by atoms with Crippen molar-refractivity contribution >= 4 is 46.6 Å². The molecule has 1 amide bonds. The molecule has 190 valence electrons. The van der Waals surface area contributed by atoms with Crippen molar-refractivity contribution in [2.24, 2.45) is 10.9 Å². The van der Waals surface area contributed by atoms with Gasteiger partial charge in [-0.3, -0.25) is 25.0 Å². The van der Waals surface area contributed by atoms with E-state index in [2.05, 4.69) is 34.2 Å². The maximum atomic E-state index is 13.9. The molecule has 7 nitrogen and oxygen atoms in total. The fourth-order valence-corrected chi connectivity index (χ4v) is 4.85. The molecule has 3 aromatic carbocycles. The van der Waals surface area contributed by atoms with Crippen molar-refractivity contribution in [3.05, 3.63) is 88.9 Å². The van der Waals surface area contributed by atoms with Crippen molar-refractivity contribution in [1.29, 1.82) is 5.41 Å². The molecule has 0 bridgehead atoms. The van der Waals surface area contributed by atoms with Crippen molar-refractivity contribution in [2.75, 3.05) is 43.2 Å². The highest BCUT2D eigenvalue weighted by atomic mass is 35.5. The van der Waals surface area contributed by atoms with Gasteiger partial charge in [0.1, 0.15) is 11.8 Å². The Morgan fingerprint density at radius 2 is 1.70 bits per heavy atom. The van der Waals surface area contributed by atoms with Crippen LogP contribution < -0.4 is 9.80 Å². The molecule has 0 saturated carbocycles. The number of carbonyl (C=O) groups excluding carboxylic acids is 1. The zero-order chi connectivity index (χ0) is 25.8. The van der Waals surface area contributed by atoms with Crippen LogP contribution in [0.5, 0.6) is 0 Å². The van der Waals surface area contributed by atoms with Gasteiger partial charge in [0.05, 0.1) is 31.1 Å². The second-order valence-corrected chi connectivity index (χ2v) is 9.70. The number of benzene rings is 3. The quantitative estimate of drug-likeness (QED) is 0.461. The number of fused-ring (bicyclic) bond motifs is 1. The van der Waals surface area contributed by atoms with Crippen molar-refractivity contribution < 1.29 is 9.53 Å². The third-order valence-corrected chi connectivity index (χ3v) is 6.99. The Morgan fingerprint density at radius 3 is 2.43 bits per heavy atom. The van der Waals surface area contributed by atoms with Gasteiger partial charge in [0, 0.05) is 43.6 Å². The number of para-hydroxylation sites is 1. The Balaban J connectivity index is 1.36. The average molecular weight is 516 g/mol. The Morgan fingerprint density at radius 1 is 1.00 bits per heavy atom. The van der Waals surface area contributed by atoms with Crippen LogP contribution in [0, 0.1) is 11.3 Å². The van der Waals surface area contributed by atoms with E-state index in [1.54, 1.807) is 35.2 Å². The van der Waals surface area contributed by atoms with Gasteiger partial charge in [0.2, 0.25) is 5.91 Å². The van der Waals surface area contributed by atoms with Gasteiger partial charge in [-0.2, -0.15) is 0 Å². The zero-order valence-corrected chi connectivity index (χ0v) is 21.6. The summed E-state index contributed by atoms with van der Waals surface area (Å²) in [4.78, 5) is 24.2. The van der Waals surface area contributed by atoms with Gasteiger partial charge in [-0.05, 0) is 41.5 Å². The number of amides is 1. The molecule has 2 aliphatic rings. The van der Waals surface area contributed by atoms with Gasteiger partial charge in [-0.25, -0.2) is 0 Å². The number of nitrogens with zero attached hydrogens (tertiary/aromatic N) is 4. The monoisotopic (exact) mass is 515 g/mol. The van der Waals surface area contributed by atoms with Gasteiger partial charge in [-0.15, -0.1) is 0 Å². The van der Waals surface area contributed by atoms with E-state index < -0.39 is 5.92 Å². The van der Waals surface area contributed by atoms with Crippen molar-refractivity contribution in [1.82, 2.24) is 4.90 Å². The standard InChI is InChI=1S/C29H30ClN5O2/c1-33-26-12-11-23(30)17-27(26)35(24-5-3-2-4-6-24)29(36)25(28(33)31)19-32-18-21-7-9-22(10-8-21)20-34-13-15-37-16-14-34/h2-12,17,19,25,31H,13-16,18,20H2,1H3. The van der Waals surface area contributed by atoms with Gasteiger partial charge in [0.15, 0.2) is 0 Å². The summed E-state index contributed by atoms with van der Waals surface area (Å²) < 4.78 is 5.43. The largest absolute Gasteiger partial charge is 0.379 e. The minimum Gasteiger partial charge on any atom is -0.379 e. The maximum Gasteiger partial charge on any atom is 0.247 e. The van der Waals surface area contributed by atoms with E-state index in [1.165, 1.54) is 5.56 Å². The van der Waals surface area contributed by atoms with Crippen LogP contribution in [0.2, 0.25) is 5.02 Å². The topological polar surface area (TPSA) is 72.2 Å². The van der Waals surface area contributed by atoms with Crippen LogP contribution in [0.15, 0.2) is 77.8 Å². The molecule has 1 unspecified atom stereocenters. The highest BCUT2D eigenvalue weighted by Gasteiger charge is 2.36. The maximum absolute atomic E-state index is 13.9. The molecule has 0 radical (unpaired) electrons. The first-order chi connectivity index (χ1) is 18.0. The molecular weight excluding hydrogens is 486 g/mol. The molecule has 2 aliphatic heterocycles. The number of amidine groups is 1. The summed E-state index contributed by atoms with van der Waals surface area (Å²) >= 11 is 6.32. The molecule has 1 atom stereocenters. The first-order valence-corrected chi connectivity index (χ1v) is 12.8. The second kappa shape index (κ2) is 11.3. The van der Waals surface area contributed by atoms with E-state index in [9.17, 15) is 4.79 Å². The molecular formula is C29H30ClN5O2. The summed E-state index contributed by atoms with van der Waals surface area (Å²) in [6.07, 6.45) is 1.60. The average Bonchev–Trinajstić information content (AvgIpc) is 2.99. The predicted octanol–water partition coefficient (Wildman–Crippen LogP) is 5.15. The van der Waals surface area contributed by atoms with E-state index in [0.29, 0.717) is 22.9 Å². The SMILES string of the molecule is CN1C(=N)C(C=NCc2ccc(CN3CCOCC3)cc2)C(=O)N(c2ccccc2)c2cc(Cl)ccc21. The number of nitrogens with one attached hydrogen (secondary N) is 1. The number of ether oxygens (including phenoxy) is 1. The predicted molar refractivity (Wildman–Crippen MR) is 149 cm³/mol. The molecule has 1 fully saturated rings. The van der Waals surface area contributed by atoms with Crippen LogP contribution in [0.4, 0.5) is 17.1 Å². The summed E-state index contributed by atoms with van der Waals surface area (Å²) in [5.41, 5.74) is 4.40. The van der Waals surface area contributed by atoms with Crippen LogP contribution in [0.1, 0.15) is 11.1 Å². The molecule has 3 aromatic rings. The Hall–Kier alpha value is -3.52. The number of aliphatic imine (C=N–C) groups is 1. The van der Waals surface area contributed by atoms with E-state index in [4.69, 9.17) is 21.7 Å². The van der Waals surface area contributed by atoms with Crippen molar-refractivity contribution in [3.8, 4) is 0 Å². The smallest absolute Gasteiger partial charge is 0.247 e. The van der Waals surface area contributed by atoms with Gasteiger partial charge in [-0.1, -0.05) is 54.1 Å². The summed E-state index contributed by atoms with van der Waals surface area (Å²) in [7, 11) is 1.80. The number of hydrogen-bond acceptors (Lipinski definition) is 5. The van der Waals surface area contributed by atoms with E-state index >= 15 is 0 Å². The van der Waals surface area contributed by atoms with Crippen LogP contribution in [0.3, 0.4) is 0 Å². The summed E-state index contributed by atoms with van der Waals surface area (Å²) in [5.74, 6) is -0.915. The summed E-state index contributed by atoms with van der Waals surface area (Å²) in [6, 6.07) is 23.2. The van der Waals surface area contributed by atoms with Crippen molar-refractivity contribution in [2.45, 2.75) is 13.1 Å². The van der Waals surface area contributed by atoms with E-state index in [0.717, 1.165) is 44.1 Å². The van der Waals surface area contributed by atoms with E-state index in [-0.39, 0.29) is 11.7 Å². The number of anilines is 3. The molecule has 1 saturated heterocycles. The van der Waals surface area contributed by atoms with Crippen LogP contribution in [0.25, 0.3) is 0 Å². The van der Waals surface area contributed by atoms with Gasteiger partial charge < -0.3 is 9.64 Å². The lowest BCUT2D eigenvalue weighted by Crippen LogP contribution is -2.39. The fourth-order valence-electron chi connectivity index (χ4n) is 4.68. The summed E-state index contributed by atoms with van der Waals surface area (Å²) in [5, 5.41) is 9.36. The molecule has 2 heterocycles. The molecule has 1 N–H and O–H groups in total. The highest BCUT2D eigenvalue weighted by molar-refractivity contribution is 6.32. The van der Waals surface area contributed by atoms with E-state index in [1.807, 2.05) is 36.4 Å². The number of halogens is 1. The second-order valence-electron chi connectivity index (χ2n) is 9.26. The molecule has 37 heavy (non-hydrogen) atoms. The minimum absolute atomic E-state index is 0.164. The Kier molecular flexibility index (Phi) is 7.65. The first kappa shape index (κ1) is 25.1.